The summed E-state index contributed by atoms with van der Waals surface area (Å²) in [6.45, 7) is 0.259. The molecular weight excluding hydrogens is 396 g/mol. The lowest BCUT2D eigenvalue weighted by molar-refractivity contribution is 0.0816. The van der Waals surface area contributed by atoms with Gasteiger partial charge in [0.15, 0.2) is 0 Å². The van der Waals surface area contributed by atoms with Crippen LogP contribution in [-0.2, 0) is 0 Å². The molecule has 5 rings (SSSR count). The van der Waals surface area contributed by atoms with E-state index in [1.165, 1.54) is 24.8 Å². The van der Waals surface area contributed by atoms with Crippen LogP contribution in [0.25, 0.3) is 17.2 Å². The summed E-state index contributed by atoms with van der Waals surface area (Å²) in [4.78, 5) is 18.3. The second-order valence-electron chi connectivity index (χ2n) is 7.07. The summed E-state index contributed by atoms with van der Waals surface area (Å²) in [5, 5.41) is 26.8. The number of amides is 1. The van der Waals surface area contributed by atoms with Crippen molar-refractivity contribution >= 4 is 23.4 Å². The van der Waals surface area contributed by atoms with Gasteiger partial charge in [-0.1, -0.05) is 36.4 Å². The minimum Gasteiger partial charge on any atom is -0.412 e. The Bertz CT molecular complexity index is 1280. The van der Waals surface area contributed by atoms with E-state index in [4.69, 9.17) is 0 Å². The molecule has 0 saturated carbocycles. The molecule has 0 saturated heterocycles. The van der Waals surface area contributed by atoms with Gasteiger partial charge in [0.2, 0.25) is 0 Å². The van der Waals surface area contributed by atoms with Crippen LogP contribution in [0.1, 0.15) is 15.9 Å². The van der Waals surface area contributed by atoms with Crippen LogP contribution in [0.15, 0.2) is 79.5 Å². The highest BCUT2D eigenvalue weighted by molar-refractivity contribution is 6.04. The van der Waals surface area contributed by atoms with Crippen molar-refractivity contribution < 1.29 is 15.2 Å². The summed E-state index contributed by atoms with van der Waals surface area (Å²) in [5.41, 5.74) is 4.23. The summed E-state index contributed by atoms with van der Waals surface area (Å²) in [5.74, 6) is -0.159. The third-order valence-corrected chi connectivity index (χ3v) is 5.09. The summed E-state index contributed by atoms with van der Waals surface area (Å²) in [6, 6.07) is 15.2. The molecule has 1 aliphatic heterocycles. The molecule has 1 amide bonds. The standard InChI is InChI=1S/C22H18N6O3/c29-22-20-10-17(18-11-23-27(30)13-18)6-7-21(20)26(19-12-24-28(31)14-19)15-25(22)9-8-16-4-2-1-3-5-16/h1-14,30-31H,15H2. The molecule has 0 spiro atoms. The molecule has 0 radical (unpaired) electrons. The molecule has 0 aliphatic carbocycles. The van der Waals surface area contributed by atoms with Gasteiger partial charge in [-0.25, -0.2) is 0 Å². The first-order valence-electron chi connectivity index (χ1n) is 9.52. The lowest BCUT2D eigenvalue weighted by atomic mass is 10.0. The highest BCUT2D eigenvalue weighted by atomic mass is 16.5. The molecule has 9 nitrogen and oxygen atoms in total. The molecule has 0 atom stereocenters. The van der Waals surface area contributed by atoms with E-state index in [1.54, 1.807) is 17.2 Å². The Hall–Kier alpha value is -4.53. The van der Waals surface area contributed by atoms with Crippen molar-refractivity contribution in [2.75, 3.05) is 11.6 Å². The molecule has 0 bridgehead atoms. The summed E-state index contributed by atoms with van der Waals surface area (Å²) >= 11 is 0. The number of anilines is 2. The second-order valence-corrected chi connectivity index (χ2v) is 7.07. The van der Waals surface area contributed by atoms with Crippen LogP contribution in [-0.4, -0.2) is 47.8 Å². The molecule has 3 heterocycles. The maximum atomic E-state index is 13.3. The highest BCUT2D eigenvalue weighted by Crippen LogP contribution is 2.36. The Balaban J connectivity index is 1.57. The molecule has 1 aliphatic rings. The number of aromatic nitrogens is 4. The van der Waals surface area contributed by atoms with E-state index in [2.05, 4.69) is 10.2 Å². The average molecular weight is 414 g/mol. The van der Waals surface area contributed by atoms with Crippen molar-refractivity contribution in [1.29, 1.82) is 0 Å². The first-order valence-corrected chi connectivity index (χ1v) is 9.52. The van der Waals surface area contributed by atoms with Crippen LogP contribution in [0.2, 0.25) is 0 Å². The average Bonchev–Trinajstić information content (AvgIpc) is 3.42. The van der Waals surface area contributed by atoms with Crippen LogP contribution >= 0.6 is 0 Å². The van der Waals surface area contributed by atoms with Crippen molar-refractivity contribution in [3.63, 3.8) is 0 Å². The molecule has 154 valence electrons. The van der Waals surface area contributed by atoms with Gasteiger partial charge in [-0.15, -0.1) is 19.9 Å². The third-order valence-electron chi connectivity index (χ3n) is 5.09. The van der Waals surface area contributed by atoms with Crippen molar-refractivity contribution in [1.82, 2.24) is 24.8 Å². The topological polar surface area (TPSA) is 99.7 Å². The van der Waals surface area contributed by atoms with E-state index in [-0.39, 0.29) is 12.6 Å². The van der Waals surface area contributed by atoms with E-state index >= 15 is 0 Å². The van der Waals surface area contributed by atoms with Crippen LogP contribution < -0.4 is 4.90 Å². The number of rotatable bonds is 4. The van der Waals surface area contributed by atoms with Crippen molar-refractivity contribution in [2.24, 2.45) is 0 Å². The van der Waals surface area contributed by atoms with E-state index in [9.17, 15) is 15.2 Å². The van der Waals surface area contributed by atoms with Gasteiger partial charge in [-0.3, -0.25) is 9.69 Å². The SMILES string of the molecule is O=C1c2cc(-c3cnn(O)c3)ccc2N(c2cnn(O)c2)CN1C=Cc1ccccc1. The van der Waals surface area contributed by atoms with E-state index in [1.807, 2.05) is 53.4 Å². The van der Waals surface area contributed by atoms with Gasteiger partial charge in [-0.2, -0.15) is 0 Å². The van der Waals surface area contributed by atoms with Gasteiger partial charge < -0.3 is 15.3 Å². The molecule has 0 fully saturated rings. The van der Waals surface area contributed by atoms with E-state index in [0.717, 1.165) is 20.8 Å². The number of hydrogen-bond acceptors (Lipinski definition) is 6. The summed E-state index contributed by atoms with van der Waals surface area (Å²) < 4.78 is 0. The first-order chi connectivity index (χ1) is 15.1. The maximum Gasteiger partial charge on any atom is 0.261 e. The molecule has 9 heteroatoms. The quantitative estimate of drug-likeness (QED) is 0.496. The van der Waals surface area contributed by atoms with E-state index in [0.29, 0.717) is 22.5 Å². The number of benzene rings is 2. The van der Waals surface area contributed by atoms with Crippen molar-refractivity contribution in [3.05, 3.63) is 90.6 Å². The zero-order valence-electron chi connectivity index (χ0n) is 16.3. The fraction of sp³-hybridized carbons (Fsp3) is 0.0455. The minimum atomic E-state index is -0.159. The number of carbonyl (C=O) groups excluding carboxylic acids is 1. The van der Waals surface area contributed by atoms with Crippen LogP contribution in [0.4, 0.5) is 11.4 Å². The number of fused-ring (bicyclic) bond motifs is 1. The monoisotopic (exact) mass is 414 g/mol. The highest BCUT2D eigenvalue weighted by Gasteiger charge is 2.30. The molecule has 2 N–H and O–H groups in total. The normalized spacial score (nSPS) is 13.7. The Morgan fingerprint density at radius 1 is 0.903 bits per heavy atom. The Morgan fingerprint density at radius 2 is 1.68 bits per heavy atom. The zero-order chi connectivity index (χ0) is 21.4. The van der Waals surface area contributed by atoms with E-state index < -0.39 is 0 Å². The van der Waals surface area contributed by atoms with Crippen LogP contribution in [0, 0.1) is 0 Å². The van der Waals surface area contributed by atoms with Crippen LogP contribution in [0.5, 0.6) is 0 Å². The molecule has 31 heavy (non-hydrogen) atoms. The first kappa shape index (κ1) is 18.5. The fourth-order valence-electron chi connectivity index (χ4n) is 3.55. The minimum absolute atomic E-state index is 0.159. The fourth-order valence-corrected chi connectivity index (χ4v) is 3.55. The third kappa shape index (κ3) is 3.48. The molecular formula is C22H18N6O3. The Kier molecular flexibility index (Phi) is 4.40. The predicted molar refractivity (Wildman–Crippen MR) is 113 cm³/mol. The second kappa shape index (κ2) is 7.38. The van der Waals surface area contributed by atoms with Gasteiger partial charge in [0.05, 0.1) is 41.7 Å². The largest absolute Gasteiger partial charge is 0.412 e. The Morgan fingerprint density at radius 3 is 2.39 bits per heavy atom. The number of nitrogens with zero attached hydrogens (tertiary/aromatic N) is 6. The molecule has 4 aromatic rings. The van der Waals surface area contributed by atoms with Gasteiger partial charge in [0, 0.05) is 11.8 Å². The lowest BCUT2D eigenvalue weighted by Gasteiger charge is -2.35. The van der Waals surface area contributed by atoms with Gasteiger partial charge in [-0.05, 0) is 29.3 Å². The van der Waals surface area contributed by atoms with Crippen molar-refractivity contribution in [3.8, 4) is 11.1 Å². The Labute approximate surface area is 177 Å². The van der Waals surface area contributed by atoms with Gasteiger partial charge in [0.1, 0.15) is 6.67 Å². The molecule has 0 unspecified atom stereocenters. The summed E-state index contributed by atoms with van der Waals surface area (Å²) in [7, 11) is 0. The number of hydrogen-bond donors (Lipinski definition) is 2. The number of carbonyl (C=O) groups is 1. The maximum absolute atomic E-state index is 13.3. The van der Waals surface area contributed by atoms with Gasteiger partial charge >= 0.3 is 0 Å². The van der Waals surface area contributed by atoms with Crippen molar-refractivity contribution in [2.45, 2.75) is 0 Å². The molecule has 2 aromatic carbocycles. The van der Waals surface area contributed by atoms with Gasteiger partial charge in [0.25, 0.3) is 5.91 Å². The predicted octanol–water partition coefficient (Wildman–Crippen LogP) is 3.44. The molecule has 2 aromatic heterocycles. The zero-order valence-corrected chi connectivity index (χ0v) is 16.3. The lowest BCUT2D eigenvalue weighted by Crippen LogP contribution is -2.41. The smallest absolute Gasteiger partial charge is 0.261 e. The van der Waals surface area contributed by atoms with Crippen LogP contribution in [0.3, 0.4) is 0 Å². The summed E-state index contributed by atoms with van der Waals surface area (Å²) in [6.07, 6.45) is 9.61.